The molecule has 0 heterocycles. The van der Waals surface area contributed by atoms with Gasteiger partial charge in [0.05, 0.1) is 0 Å². The average Bonchev–Trinajstić information content (AvgIpc) is 2.82. The van der Waals surface area contributed by atoms with Gasteiger partial charge in [0.25, 0.3) is 5.91 Å². The normalized spacial score (nSPS) is 15.4. The number of halogens is 1. The average molecular weight is 530 g/mol. The topological polar surface area (TPSA) is 58.6 Å². The summed E-state index contributed by atoms with van der Waals surface area (Å²) in [5, 5.41) is 3.16. The second kappa shape index (κ2) is 11.9. The van der Waals surface area contributed by atoms with Gasteiger partial charge in [-0.25, -0.2) is 0 Å². The molecular weight excluding hydrogens is 492 g/mol. The molecule has 3 rings (SSSR count). The molecule has 0 bridgehead atoms. The van der Waals surface area contributed by atoms with Gasteiger partial charge in [-0.05, 0) is 60.6 Å². The molecule has 0 saturated heterocycles. The van der Waals surface area contributed by atoms with Crippen molar-refractivity contribution in [2.45, 2.75) is 83.8 Å². The number of hydrogen-bond acceptors (Lipinski definition) is 3. The second-order valence-electron chi connectivity index (χ2n) is 10.2. The van der Waals surface area contributed by atoms with Gasteiger partial charge in [-0.15, -0.1) is 0 Å². The Morgan fingerprint density at radius 1 is 1.03 bits per heavy atom. The quantitative estimate of drug-likeness (QED) is 0.457. The highest BCUT2D eigenvalue weighted by Crippen LogP contribution is 2.24. The highest BCUT2D eigenvalue weighted by molar-refractivity contribution is 9.10. The molecule has 2 aromatic rings. The van der Waals surface area contributed by atoms with Gasteiger partial charge in [-0.3, -0.25) is 9.59 Å². The largest absolute Gasteiger partial charge is 0.484 e. The number of amides is 2. The van der Waals surface area contributed by atoms with Crippen molar-refractivity contribution in [2.24, 2.45) is 0 Å². The highest BCUT2D eigenvalue weighted by atomic mass is 79.9. The third kappa shape index (κ3) is 7.59. The zero-order valence-electron chi connectivity index (χ0n) is 20.8. The summed E-state index contributed by atoms with van der Waals surface area (Å²) in [5.74, 6) is 0.324. The van der Waals surface area contributed by atoms with Gasteiger partial charge in [0.2, 0.25) is 5.91 Å². The standard InChI is InChI=1S/C28H37BrN2O3/c1-20(27(33)30-24-8-6-5-7-9-24)31(18-21-10-14-23(29)15-11-21)26(32)19-34-25-16-12-22(13-17-25)28(2,3)4/h10-17,20,24H,5-9,18-19H2,1-4H3,(H,30,33)/t20-/m1/s1. The van der Waals surface area contributed by atoms with Gasteiger partial charge in [0.15, 0.2) is 6.61 Å². The van der Waals surface area contributed by atoms with Crippen molar-refractivity contribution >= 4 is 27.7 Å². The van der Waals surface area contributed by atoms with E-state index in [0.717, 1.165) is 35.7 Å². The fourth-order valence-corrected chi connectivity index (χ4v) is 4.48. The first kappa shape index (κ1) is 26.3. The van der Waals surface area contributed by atoms with Crippen molar-refractivity contribution < 1.29 is 14.3 Å². The van der Waals surface area contributed by atoms with Gasteiger partial charge in [-0.1, -0.05) is 80.2 Å². The Balaban J connectivity index is 1.69. The predicted octanol–water partition coefficient (Wildman–Crippen LogP) is 5.99. The van der Waals surface area contributed by atoms with E-state index in [1.54, 1.807) is 11.8 Å². The smallest absolute Gasteiger partial charge is 0.261 e. The number of carbonyl (C=O) groups is 2. The predicted molar refractivity (Wildman–Crippen MR) is 140 cm³/mol. The van der Waals surface area contributed by atoms with Crippen molar-refractivity contribution in [2.75, 3.05) is 6.61 Å². The Morgan fingerprint density at radius 3 is 2.24 bits per heavy atom. The number of nitrogens with zero attached hydrogens (tertiary/aromatic N) is 1. The molecule has 0 aromatic heterocycles. The lowest BCUT2D eigenvalue weighted by Gasteiger charge is -2.31. The maximum atomic E-state index is 13.3. The lowest BCUT2D eigenvalue weighted by Crippen LogP contribution is -2.51. The molecule has 0 unspecified atom stereocenters. The van der Waals surface area contributed by atoms with Gasteiger partial charge in [0.1, 0.15) is 11.8 Å². The van der Waals surface area contributed by atoms with Gasteiger partial charge < -0.3 is 15.0 Å². The van der Waals surface area contributed by atoms with Crippen LogP contribution in [0.1, 0.15) is 70.9 Å². The molecule has 6 heteroatoms. The molecule has 0 spiro atoms. The van der Waals surface area contributed by atoms with Crippen LogP contribution in [0.25, 0.3) is 0 Å². The van der Waals surface area contributed by atoms with Crippen LogP contribution in [0, 0.1) is 0 Å². The SMILES string of the molecule is C[C@H](C(=O)NC1CCCCC1)N(Cc1ccc(Br)cc1)C(=O)COc1ccc(C(C)(C)C)cc1. The molecule has 2 aromatic carbocycles. The number of ether oxygens (including phenoxy) is 1. The van der Waals surface area contributed by atoms with Crippen molar-refractivity contribution in [3.8, 4) is 5.75 Å². The molecule has 1 fully saturated rings. The Hall–Kier alpha value is -2.34. The second-order valence-corrected chi connectivity index (χ2v) is 11.1. The Labute approximate surface area is 212 Å². The maximum absolute atomic E-state index is 13.3. The minimum atomic E-state index is -0.593. The molecule has 1 aliphatic carbocycles. The minimum absolute atomic E-state index is 0.0525. The monoisotopic (exact) mass is 528 g/mol. The molecular formula is C28H37BrN2O3. The summed E-state index contributed by atoms with van der Waals surface area (Å²) in [6.45, 7) is 8.50. The van der Waals surface area contributed by atoms with Crippen LogP contribution in [-0.2, 0) is 21.5 Å². The Bertz CT molecular complexity index is 945. The van der Waals surface area contributed by atoms with Crippen LogP contribution in [0.4, 0.5) is 0 Å². The molecule has 1 atom stereocenters. The summed E-state index contributed by atoms with van der Waals surface area (Å²) in [7, 11) is 0. The first-order valence-corrected chi connectivity index (χ1v) is 13.0. The molecule has 1 saturated carbocycles. The first-order valence-electron chi connectivity index (χ1n) is 12.2. The number of hydrogen-bond donors (Lipinski definition) is 1. The van der Waals surface area contributed by atoms with Crippen LogP contribution in [0.2, 0.25) is 0 Å². The first-order chi connectivity index (χ1) is 16.1. The van der Waals surface area contributed by atoms with Crippen LogP contribution < -0.4 is 10.1 Å². The zero-order chi connectivity index (χ0) is 24.7. The van der Waals surface area contributed by atoms with E-state index < -0.39 is 6.04 Å². The van der Waals surface area contributed by atoms with E-state index in [4.69, 9.17) is 4.74 Å². The van der Waals surface area contributed by atoms with E-state index in [1.165, 1.54) is 12.0 Å². The van der Waals surface area contributed by atoms with E-state index in [1.807, 2.05) is 48.5 Å². The molecule has 0 radical (unpaired) electrons. The summed E-state index contributed by atoms with van der Waals surface area (Å²) in [5.41, 5.74) is 2.22. The molecule has 2 amide bonds. The van der Waals surface area contributed by atoms with E-state index in [9.17, 15) is 9.59 Å². The Morgan fingerprint density at radius 2 is 1.65 bits per heavy atom. The van der Waals surface area contributed by atoms with Crippen molar-refractivity contribution in [1.29, 1.82) is 0 Å². The van der Waals surface area contributed by atoms with E-state index in [-0.39, 0.29) is 29.9 Å². The fraction of sp³-hybridized carbons (Fsp3) is 0.500. The third-order valence-corrected chi connectivity index (χ3v) is 7.00. The molecule has 184 valence electrons. The number of nitrogens with one attached hydrogen (secondary N) is 1. The number of carbonyl (C=O) groups excluding carboxylic acids is 2. The van der Waals surface area contributed by atoms with Crippen LogP contribution in [0.5, 0.6) is 5.75 Å². The van der Waals surface area contributed by atoms with Gasteiger partial charge >= 0.3 is 0 Å². The minimum Gasteiger partial charge on any atom is -0.484 e. The third-order valence-electron chi connectivity index (χ3n) is 6.47. The highest BCUT2D eigenvalue weighted by Gasteiger charge is 2.28. The summed E-state index contributed by atoms with van der Waals surface area (Å²) in [6, 6.07) is 15.3. The van der Waals surface area contributed by atoms with Crippen molar-refractivity contribution in [1.82, 2.24) is 10.2 Å². The molecule has 34 heavy (non-hydrogen) atoms. The molecule has 0 aliphatic heterocycles. The number of rotatable bonds is 8. The van der Waals surface area contributed by atoms with E-state index in [2.05, 4.69) is 42.0 Å². The fourth-order valence-electron chi connectivity index (χ4n) is 4.22. The lowest BCUT2D eigenvalue weighted by atomic mass is 9.87. The van der Waals surface area contributed by atoms with E-state index >= 15 is 0 Å². The summed E-state index contributed by atoms with van der Waals surface area (Å²) in [4.78, 5) is 27.9. The van der Waals surface area contributed by atoms with Crippen LogP contribution in [0.3, 0.4) is 0 Å². The van der Waals surface area contributed by atoms with Crippen LogP contribution in [0.15, 0.2) is 53.0 Å². The Kier molecular flexibility index (Phi) is 9.17. The lowest BCUT2D eigenvalue weighted by molar-refractivity contribution is -0.142. The van der Waals surface area contributed by atoms with Crippen molar-refractivity contribution in [3.05, 3.63) is 64.1 Å². The van der Waals surface area contributed by atoms with Crippen LogP contribution >= 0.6 is 15.9 Å². The van der Waals surface area contributed by atoms with Gasteiger partial charge in [0, 0.05) is 17.1 Å². The molecule has 5 nitrogen and oxygen atoms in total. The van der Waals surface area contributed by atoms with Crippen molar-refractivity contribution in [3.63, 3.8) is 0 Å². The van der Waals surface area contributed by atoms with Gasteiger partial charge in [-0.2, -0.15) is 0 Å². The number of benzene rings is 2. The summed E-state index contributed by atoms with van der Waals surface area (Å²) >= 11 is 3.45. The molecule has 1 aliphatic rings. The van der Waals surface area contributed by atoms with E-state index in [0.29, 0.717) is 12.3 Å². The summed E-state index contributed by atoms with van der Waals surface area (Å²) in [6.07, 6.45) is 5.52. The maximum Gasteiger partial charge on any atom is 0.261 e. The zero-order valence-corrected chi connectivity index (χ0v) is 22.4. The van der Waals surface area contributed by atoms with Crippen LogP contribution in [-0.4, -0.2) is 35.4 Å². The summed E-state index contributed by atoms with van der Waals surface area (Å²) < 4.78 is 6.79. The molecule has 1 N–H and O–H groups in total.